The fraction of sp³-hybridized carbons (Fsp3) is 0.391. The number of carbonyl (C=O) groups is 1. The number of hydrogen-bond acceptors (Lipinski definition) is 6. The molecule has 31 heavy (non-hydrogen) atoms. The van der Waals surface area contributed by atoms with Gasteiger partial charge in [-0.25, -0.2) is 4.68 Å². The third-order valence-electron chi connectivity index (χ3n) is 4.89. The Kier molecular flexibility index (Phi) is 6.45. The van der Waals surface area contributed by atoms with E-state index in [-0.39, 0.29) is 5.91 Å². The average molecular weight is 422 g/mol. The summed E-state index contributed by atoms with van der Waals surface area (Å²) in [6.07, 6.45) is 3.95. The van der Waals surface area contributed by atoms with Gasteiger partial charge < -0.3 is 14.8 Å². The summed E-state index contributed by atoms with van der Waals surface area (Å²) in [4.78, 5) is 12.9. The van der Waals surface area contributed by atoms with E-state index >= 15 is 0 Å². The molecule has 0 radical (unpaired) electrons. The maximum atomic E-state index is 12.9. The Morgan fingerprint density at radius 2 is 1.84 bits per heavy atom. The highest BCUT2D eigenvalue weighted by Crippen LogP contribution is 2.37. The van der Waals surface area contributed by atoms with Crippen molar-refractivity contribution in [3.8, 4) is 22.9 Å². The molecular weight excluding hydrogens is 394 g/mol. The van der Waals surface area contributed by atoms with E-state index in [9.17, 15) is 4.79 Å². The quantitative estimate of drug-likeness (QED) is 0.518. The molecule has 1 fully saturated rings. The van der Waals surface area contributed by atoms with Gasteiger partial charge in [0.2, 0.25) is 0 Å². The molecule has 1 aromatic heterocycles. The minimum absolute atomic E-state index is 0.220. The summed E-state index contributed by atoms with van der Waals surface area (Å²) in [7, 11) is 0. The third kappa shape index (κ3) is 5.02. The lowest BCUT2D eigenvalue weighted by Crippen LogP contribution is -2.12. The molecule has 4 rings (SSSR count). The van der Waals surface area contributed by atoms with Gasteiger partial charge in [0.05, 0.1) is 19.3 Å². The van der Waals surface area contributed by atoms with Crippen LogP contribution in [0, 0.1) is 0 Å². The molecule has 0 unspecified atom stereocenters. The SMILES string of the molecule is CCCOc1ccc(C(=O)Nc2cccc(-c3nnnn3C3CC3)c2)cc1OCCC. The van der Waals surface area contributed by atoms with Crippen molar-refractivity contribution in [3.63, 3.8) is 0 Å². The van der Waals surface area contributed by atoms with Gasteiger partial charge in [-0.2, -0.15) is 0 Å². The van der Waals surface area contributed by atoms with Crippen LogP contribution in [0.5, 0.6) is 11.5 Å². The van der Waals surface area contributed by atoms with E-state index in [1.807, 2.05) is 42.8 Å². The molecule has 3 aromatic rings. The van der Waals surface area contributed by atoms with Gasteiger partial charge in [-0.15, -0.1) is 5.10 Å². The van der Waals surface area contributed by atoms with Crippen LogP contribution in [-0.2, 0) is 0 Å². The Morgan fingerprint density at radius 1 is 1.06 bits per heavy atom. The smallest absolute Gasteiger partial charge is 0.255 e. The highest BCUT2D eigenvalue weighted by molar-refractivity contribution is 6.04. The molecule has 1 N–H and O–H groups in total. The topological polar surface area (TPSA) is 91.2 Å². The molecule has 162 valence electrons. The number of amides is 1. The van der Waals surface area contributed by atoms with Gasteiger partial charge in [0.1, 0.15) is 0 Å². The molecule has 0 bridgehead atoms. The molecule has 8 heteroatoms. The zero-order valence-electron chi connectivity index (χ0n) is 17.9. The van der Waals surface area contributed by atoms with Crippen molar-refractivity contribution >= 4 is 11.6 Å². The zero-order valence-corrected chi connectivity index (χ0v) is 17.9. The van der Waals surface area contributed by atoms with Crippen LogP contribution in [-0.4, -0.2) is 39.3 Å². The molecule has 1 heterocycles. The van der Waals surface area contributed by atoms with Gasteiger partial charge in [-0.05, 0) is 66.4 Å². The van der Waals surface area contributed by atoms with Crippen molar-refractivity contribution < 1.29 is 14.3 Å². The molecule has 1 saturated carbocycles. The summed E-state index contributed by atoms with van der Waals surface area (Å²) >= 11 is 0. The lowest BCUT2D eigenvalue weighted by molar-refractivity contribution is 0.102. The summed E-state index contributed by atoms with van der Waals surface area (Å²) in [6, 6.07) is 13.2. The third-order valence-corrected chi connectivity index (χ3v) is 4.89. The zero-order chi connectivity index (χ0) is 21.6. The van der Waals surface area contributed by atoms with Gasteiger partial charge in [0.15, 0.2) is 17.3 Å². The van der Waals surface area contributed by atoms with Crippen LogP contribution in [0.4, 0.5) is 5.69 Å². The molecule has 1 aliphatic carbocycles. The van der Waals surface area contributed by atoms with Gasteiger partial charge in [0.25, 0.3) is 5.91 Å². The first-order valence-electron chi connectivity index (χ1n) is 10.8. The van der Waals surface area contributed by atoms with Gasteiger partial charge in [-0.3, -0.25) is 4.79 Å². The molecule has 2 aromatic carbocycles. The number of anilines is 1. The maximum absolute atomic E-state index is 12.9. The Morgan fingerprint density at radius 3 is 2.58 bits per heavy atom. The van der Waals surface area contributed by atoms with Crippen LogP contribution in [0.2, 0.25) is 0 Å². The number of ether oxygens (including phenoxy) is 2. The van der Waals surface area contributed by atoms with E-state index in [0.29, 0.717) is 47.8 Å². The minimum atomic E-state index is -0.220. The summed E-state index contributed by atoms with van der Waals surface area (Å²) in [5.41, 5.74) is 2.04. The standard InChI is InChI=1S/C23H27N5O3/c1-3-12-30-20-11-8-17(15-21(20)31-13-4-2)23(29)24-18-7-5-6-16(14-18)22-25-26-27-28(22)19-9-10-19/h5-8,11,14-15,19H,3-4,9-10,12-13H2,1-2H3,(H,24,29). The van der Waals surface area contributed by atoms with Gasteiger partial charge in [0, 0.05) is 16.8 Å². The predicted octanol–water partition coefficient (Wildman–Crippen LogP) is 4.50. The number of aromatic nitrogens is 4. The minimum Gasteiger partial charge on any atom is -0.490 e. The van der Waals surface area contributed by atoms with Crippen LogP contribution in [0.1, 0.15) is 55.9 Å². The lowest BCUT2D eigenvalue weighted by Gasteiger charge is -2.14. The van der Waals surface area contributed by atoms with E-state index in [0.717, 1.165) is 31.2 Å². The van der Waals surface area contributed by atoms with E-state index in [1.54, 1.807) is 18.2 Å². The molecule has 1 amide bonds. The molecule has 1 aliphatic rings. The molecule has 0 atom stereocenters. The van der Waals surface area contributed by atoms with Crippen molar-refractivity contribution in [1.29, 1.82) is 0 Å². The predicted molar refractivity (Wildman–Crippen MR) is 117 cm³/mol. The van der Waals surface area contributed by atoms with Crippen molar-refractivity contribution in [2.75, 3.05) is 18.5 Å². The first-order chi connectivity index (χ1) is 15.2. The van der Waals surface area contributed by atoms with E-state index in [2.05, 4.69) is 20.8 Å². The first-order valence-corrected chi connectivity index (χ1v) is 10.8. The van der Waals surface area contributed by atoms with Crippen molar-refractivity contribution in [2.45, 2.75) is 45.6 Å². The normalized spacial score (nSPS) is 13.1. The van der Waals surface area contributed by atoms with Crippen molar-refractivity contribution in [1.82, 2.24) is 20.2 Å². The molecular formula is C23H27N5O3. The number of tetrazole rings is 1. The maximum Gasteiger partial charge on any atom is 0.255 e. The highest BCUT2D eigenvalue weighted by atomic mass is 16.5. The Bertz CT molecular complexity index is 1050. The summed E-state index contributed by atoms with van der Waals surface area (Å²) in [5.74, 6) is 1.73. The highest BCUT2D eigenvalue weighted by Gasteiger charge is 2.28. The van der Waals surface area contributed by atoms with Crippen LogP contribution >= 0.6 is 0 Å². The summed E-state index contributed by atoms with van der Waals surface area (Å²) in [6.45, 7) is 5.24. The molecule has 0 saturated heterocycles. The Labute approximate surface area is 181 Å². The summed E-state index contributed by atoms with van der Waals surface area (Å²) in [5, 5.41) is 15.0. The number of nitrogens with zero attached hydrogens (tertiary/aromatic N) is 4. The molecule has 0 spiro atoms. The fourth-order valence-corrected chi connectivity index (χ4v) is 3.19. The Balaban J connectivity index is 1.52. The van der Waals surface area contributed by atoms with Crippen LogP contribution in [0.25, 0.3) is 11.4 Å². The number of nitrogens with one attached hydrogen (secondary N) is 1. The largest absolute Gasteiger partial charge is 0.490 e. The number of rotatable bonds is 10. The number of benzene rings is 2. The Hall–Kier alpha value is -3.42. The second-order valence-electron chi connectivity index (χ2n) is 7.57. The van der Waals surface area contributed by atoms with Gasteiger partial charge in [-0.1, -0.05) is 26.0 Å². The molecule has 8 nitrogen and oxygen atoms in total. The lowest BCUT2D eigenvalue weighted by atomic mass is 10.1. The van der Waals surface area contributed by atoms with Crippen LogP contribution in [0.15, 0.2) is 42.5 Å². The van der Waals surface area contributed by atoms with Crippen molar-refractivity contribution in [3.05, 3.63) is 48.0 Å². The fourth-order valence-electron chi connectivity index (χ4n) is 3.19. The number of carbonyl (C=O) groups excluding carboxylic acids is 1. The second-order valence-corrected chi connectivity index (χ2v) is 7.57. The second kappa shape index (κ2) is 9.59. The van der Waals surface area contributed by atoms with Gasteiger partial charge >= 0.3 is 0 Å². The average Bonchev–Trinajstić information content (AvgIpc) is 3.52. The first kappa shape index (κ1) is 20.8. The van der Waals surface area contributed by atoms with E-state index in [1.165, 1.54) is 0 Å². The molecule has 0 aliphatic heterocycles. The number of hydrogen-bond donors (Lipinski definition) is 1. The van der Waals surface area contributed by atoms with Crippen LogP contribution in [0.3, 0.4) is 0 Å². The van der Waals surface area contributed by atoms with E-state index in [4.69, 9.17) is 9.47 Å². The van der Waals surface area contributed by atoms with Crippen LogP contribution < -0.4 is 14.8 Å². The van der Waals surface area contributed by atoms with Crippen molar-refractivity contribution in [2.24, 2.45) is 0 Å². The monoisotopic (exact) mass is 421 g/mol. The summed E-state index contributed by atoms with van der Waals surface area (Å²) < 4.78 is 13.4. The van der Waals surface area contributed by atoms with E-state index < -0.39 is 0 Å².